The Morgan fingerprint density at radius 1 is 1.33 bits per heavy atom. The molecule has 0 heterocycles. The summed E-state index contributed by atoms with van der Waals surface area (Å²) in [5.41, 5.74) is 0.0417. The Bertz CT molecular complexity index is 578. The topological polar surface area (TPSA) is 100 Å². The van der Waals surface area contributed by atoms with Crippen LogP contribution in [0.4, 0.5) is 10.5 Å². The van der Waals surface area contributed by atoms with E-state index in [2.05, 4.69) is 15.0 Å². The maximum atomic E-state index is 11.7. The number of aliphatic hydroxyl groups excluding tert-OH is 1. The molecule has 0 saturated carbocycles. The fourth-order valence-electron chi connectivity index (χ4n) is 1.22. The maximum absolute atomic E-state index is 11.7. The number of rotatable bonds is 4. The number of amides is 2. The second-order valence-corrected chi connectivity index (χ2v) is 4.22. The first-order valence-corrected chi connectivity index (χ1v) is 6.37. The molecule has 0 spiro atoms. The minimum Gasteiger partial charge on any atom is -0.510 e. The Labute approximate surface area is 126 Å². The van der Waals surface area contributed by atoms with Crippen molar-refractivity contribution in [2.45, 2.75) is 13.8 Å². The van der Waals surface area contributed by atoms with Gasteiger partial charge in [0.05, 0.1) is 12.3 Å². The number of aliphatic hydroxyl groups is 1. The molecule has 0 aliphatic heterocycles. The number of hydrogen-bond donors (Lipinski definition) is 2. The van der Waals surface area contributed by atoms with Gasteiger partial charge >= 0.3 is 6.09 Å². The molecule has 2 amide bonds. The number of alkyl carbamates (subject to hydrolysis) is 1. The summed E-state index contributed by atoms with van der Waals surface area (Å²) in [4.78, 5) is 22.9. The molecular weight excluding hydrogens is 298 g/mol. The second-order valence-electron chi connectivity index (χ2n) is 3.79. The number of benzene rings is 1. The van der Waals surface area contributed by atoms with Crippen LogP contribution in [0.15, 0.2) is 46.0 Å². The first-order valence-electron chi connectivity index (χ1n) is 5.99. The molecule has 1 rings (SSSR count). The Hall–Kier alpha value is -2.41. The average molecular weight is 312 g/mol. The van der Waals surface area contributed by atoms with E-state index >= 15 is 0 Å². The van der Waals surface area contributed by atoms with Crippen LogP contribution < -0.4 is 5.32 Å². The maximum Gasteiger partial charge on any atom is 0.414 e. The molecule has 0 bridgehead atoms. The van der Waals surface area contributed by atoms with E-state index < -0.39 is 17.7 Å². The molecule has 1 aromatic carbocycles. The Morgan fingerprint density at radius 2 is 1.95 bits per heavy atom. The summed E-state index contributed by atoms with van der Waals surface area (Å²) in [6.07, 6.45) is -0.928. The molecule has 0 aliphatic carbocycles. The molecule has 0 radical (unpaired) electrons. The minimum atomic E-state index is -0.928. The van der Waals surface area contributed by atoms with Crippen LogP contribution >= 0.6 is 11.6 Å². The Balaban J connectivity index is 2.84. The monoisotopic (exact) mass is 311 g/mol. The molecule has 1 aromatic rings. The zero-order valence-corrected chi connectivity index (χ0v) is 12.2. The Morgan fingerprint density at radius 3 is 2.48 bits per heavy atom. The van der Waals surface area contributed by atoms with Crippen molar-refractivity contribution in [1.82, 2.24) is 5.32 Å². The summed E-state index contributed by atoms with van der Waals surface area (Å²) in [7, 11) is 0. The van der Waals surface area contributed by atoms with Crippen LogP contribution in [0.1, 0.15) is 13.8 Å². The van der Waals surface area contributed by atoms with Crippen molar-refractivity contribution in [2.75, 3.05) is 6.61 Å². The summed E-state index contributed by atoms with van der Waals surface area (Å²) < 4.78 is 4.56. The average Bonchev–Trinajstić information content (AvgIpc) is 2.40. The first-order chi connectivity index (χ1) is 9.93. The molecule has 0 unspecified atom stereocenters. The van der Waals surface area contributed by atoms with Crippen molar-refractivity contribution in [1.29, 1.82) is 0 Å². The number of carbonyl (C=O) groups excluding carboxylic acids is 2. The number of hydrogen-bond acceptors (Lipinski definition) is 6. The van der Waals surface area contributed by atoms with Gasteiger partial charge in [0.2, 0.25) is 0 Å². The fourth-order valence-corrected chi connectivity index (χ4v) is 1.34. The highest BCUT2D eigenvalue weighted by molar-refractivity contribution is 6.30. The van der Waals surface area contributed by atoms with Crippen molar-refractivity contribution < 1.29 is 19.4 Å². The molecule has 2 N–H and O–H groups in total. The molecule has 0 aliphatic rings. The molecular formula is C13H14ClN3O4. The third-order valence-electron chi connectivity index (χ3n) is 2.14. The third-order valence-corrected chi connectivity index (χ3v) is 2.39. The highest BCUT2D eigenvalue weighted by Gasteiger charge is 2.16. The predicted molar refractivity (Wildman–Crippen MR) is 76.5 cm³/mol. The molecule has 0 atom stereocenters. The van der Waals surface area contributed by atoms with E-state index in [9.17, 15) is 14.7 Å². The van der Waals surface area contributed by atoms with Crippen molar-refractivity contribution >= 4 is 29.3 Å². The van der Waals surface area contributed by atoms with Crippen LogP contribution in [0.2, 0.25) is 5.02 Å². The lowest BCUT2D eigenvalue weighted by atomic mass is 10.3. The van der Waals surface area contributed by atoms with E-state index in [0.29, 0.717) is 10.7 Å². The number of azo groups is 1. The lowest BCUT2D eigenvalue weighted by molar-refractivity contribution is -0.117. The van der Waals surface area contributed by atoms with Gasteiger partial charge in [-0.2, -0.15) is 5.11 Å². The van der Waals surface area contributed by atoms with Gasteiger partial charge in [-0.05, 0) is 38.1 Å². The van der Waals surface area contributed by atoms with Crippen LogP contribution in [0.5, 0.6) is 0 Å². The third kappa shape index (κ3) is 5.62. The summed E-state index contributed by atoms with van der Waals surface area (Å²) >= 11 is 5.73. The minimum absolute atomic E-state index is 0.114. The van der Waals surface area contributed by atoms with Crippen LogP contribution in [0.3, 0.4) is 0 Å². The lowest BCUT2D eigenvalue weighted by Crippen LogP contribution is -2.32. The van der Waals surface area contributed by atoms with Gasteiger partial charge in [0, 0.05) is 5.02 Å². The van der Waals surface area contributed by atoms with Gasteiger partial charge in [-0.1, -0.05) is 11.6 Å². The van der Waals surface area contributed by atoms with Crippen LogP contribution in [0, 0.1) is 0 Å². The Kier molecular flexibility index (Phi) is 6.35. The number of nitrogens with zero attached hydrogens (tertiary/aromatic N) is 2. The van der Waals surface area contributed by atoms with Crippen molar-refractivity contribution in [3.05, 3.63) is 40.7 Å². The second kappa shape index (κ2) is 8.01. The predicted octanol–water partition coefficient (Wildman–Crippen LogP) is 3.49. The zero-order chi connectivity index (χ0) is 15.8. The van der Waals surface area contributed by atoms with Gasteiger partial charge in [0.1, 0.15) is 5.76 Å². The van der Waals surface area contributed by atoms with Crippen LogP contribution in [-0.2, 0) is 9.53 Å². The van der Waals surface area contributed by atoms with E-state index in [1.54, 1.807) is 31.2 Å². The van der Waals surface area contributed by atoms with Crippen LogP contribution in [-0.4, -0.2) is 23.7 Å². The molecule has 21 heavy (non-hydrogen) atoms. The van der Waals surface area contributed by atoms with Gasteiger partial charge in [0.25, 0.3) is 5.91 Å². The van der Waals surface area contributed by atoms with Gasteiger partial charge in [-0.15, -0.1) is 5.11 Å². The van der Waals surface area contributed by atoms with E-state index in [1.165, 1.54) is 6.92 Å². The number of allylic oxidation sites excluding steroid dienone is 1. The molecule has 112 valence electrons. The number of ether oxygens (including phenoxy) is 1. The van der Waals surface area contributed by atoms with Gasteiger partial charge in [-0.3, -0.25) is 10.1 Å². The molecule has 0 fully saturated rings. The quantitative estimate of drug-likeness (QED) is 0.505. The number of carbonyl (C=O) groups is 2. The van der Waals surface area contributed by atoms with E-state index in [1.807, 2.05) is 5.32 Å². The highest BCUT2D eigenvalue weighted by Crippen LogP contribution is 2.18. The van der Waals surface area contributed by atoms with Crippen molar-refractivity contribution in [2.24, 2.45) is 10.2 Å². The van der Waals surface area contributed by atoms with E-state index in [0.717, 1.165) is 0 Å². The van der Waals surface area contributed by atoms with E-state index in [4.69, 9.17) is 11.6 Å². The zero-order valence-electron chi connectivity index (χ0n) is 11.5. The summed E-state index contributed by atoms with van der Waals surface area (Å²) in [6, 6.07) is 6.37. The molecule has 8 heteroatoms. The largest absolute Gasteiger partial charge is 0.510 e. The van der Waals surface area contributed by atoms with Crippen molar-refractivity contribution in [3.63, 3.8) is 0 Å². The van der Waals surface area contributed by atoms with Crippen molar-refractivity contribution in [3.8, 4) is 0 Å². The molecule has 0 saturated heterocycles. The summed E-state index contributed by atoms with van der Waals surface area (Å²) in [5, 5.41) is 19.3. The highest BCUT2D eigenvalue weighted by atomic mass is 35.5. The smallest absolute Gasteiger partial charge is 0.414 e. The lowest BCUT2D eigenvalue weighted by Gasteiger charge is -2.04. The van der Waals surface area contributed by atoms with Gasteiger partial charge < -0.3 is 9.84 Å². The number of halogens is 1. The molecule has 0 aromatic heterocycles. The van der Waals surface area contributed by atoms with E-state index in [-0.39, 0.29) is 12.4 Å². The number of imide groups is 1. The summed E-state index contributed by atoms with van der Waals surface area (Å²) in [6.45, 7) is 2.96. The normalized spacial score (nSPS) is 12.0. The standard InChI is InChI=1S/C13H14ClN3O4/c1-3-21-13(20)15-12(19)11(8(2)18)17-16-10-6-4-9(14)5-7-10/h4-7,18H,3H2,1-2H3,(H,15,19,20)/b11-8-,17-16?. The van der Waals surface area contributed by atoms with Gasteiger partial charge in [-0.25, -0.2) is 4.79 Å². The van der Waals surface area contributed by atoms with Gasteiger partial charge in [0.15, 0.2) is 5.70 Å². The fraction of sp³-hybridized carbons (Fsp3) is 0.231. The number of nitrogens with one attached hydrogen (secondary N) is 1. The summed E-state index contributed by atoms with van der Waals surface area (Å²) in [5.74, 6) is -1.29. The molecule has 7 nitrogen and oxygen atoms in total. The SMILES string of the molecule is CCOC(=O)NC(=O)/C(N=Nc1ccc(Cl)cc1)=C(\C)O. The van der Waals surface area contributed by atoms with Crippen LogP contribution in [0.25, 0.3) is 0 Å². The first kappa shape index (κ1) is 16.6.